The highest BCUT2D eigenvalue weighted by molar-refractivity contribution is 6.03. The fourth-order valence-corrected chi connectivity index (χ4v) is 4.83. The van der Waals surface area contributed by atoms with Crippen molar-refractivity contribution in [2.75, 3.05) is 7.11 Å². The molecule has 4 heteroatoms. The van der Waals surface area contributed by atoms with Gasteiger partial charge in [-0.25, -0.2) is 0 Å². The van der Waals surface area contributed by atoms with Crippen LogP contribution in [0.1, 0.15) is 52.9 Å². The van der Waals surface area contributed by atoms with E-state index < -0.39 is 0 Å². The van der Waals surface area contributed by atoms with Crippen molar-refractivity contribution >= 4 is 11.6 Å². The molecule has 24 heavy (non-hydrogen) atoms. The average molecular weight is 334 g/mol. The maximum Gasteiger partial charge on any atom is 0.159 e. The molecular weight excluding hydrogens is 304 g/mol. The second kappa shape index (κ2) is 6.38. The molecule has 0 N–H and O–H groups in total. The molecule has 0 amide bonds. The van der Waals surface area contributed by atoms with Crippen molar-refractivity contribution in [1.82, 2.24) is 0 Å². The van der Waals surface area contributed by atoms with Crippen LogP contribution >= 0.6 is 0 Å². The lowest BCUT2D eigenvalue weighted by molar-refractivity contribution is -0.130. The third-order valence-corrected chi connectivity index (χ3v) is 6.71. The van der Waals surface area contributed by atoms with Crippen LogP contribution in [0.4, 0.5) is 0 Å². The Balaban J connectivity index is 1.90. The first-order valence-electron chi connectivity index (χ1n) is 9.22. The lowest BCUT2D eigenvalue weighted by Crippen LogP contribution is -2.41. The maximum absolute atomic E-state index is 12.9. The molecular formula is C20H30O4. The minimum Gasteiger partial charge on any atom is -0.381 e. The molecule has 0 aromatic heterocycles. The summed E-state index contributed by atoms with van der Waals surface area (Å²) in [6, 6.07) is 0. The van der Waals surface area contributed by atoms with Gasteiger partial charge >= 0.3 is 0 Å². The van der Waals surface area contributed by atoms with Crippen molar-refractivity contribution in [1.29, 1.82) is 0 Å². The number of ketones is 2. The third kappa shape index (κ3) is 3.11. The van der Waals surface area contributed by atoms with Crippen LogP contribution in [0.2, 0.25) is 0 Å². The normalized spacial score (nSPS) is 46.8. The van der Waals surface area contributed by atoms with Gasteiger partial charge in [0.05, 0.1) is 17.8 Å². The van der Waals surface area contributed by atoms with Crippen molar-refractivity contribution in [2.45, 2.75) is 70.7 Å². The molecule has 3 rings (SSSR count). The van der Waals surface area contributed by atoms with Gasteiger partial charge in [-0.15, -0.1) is 0 Å². The fourth-order valence-electron chi connectivity index (χ4n) is 4.83. The Kier molecular flexibility index (Phi) is 4.73. The number of methoxy groups -OCH3 is 1. The van der Waals surface area contributed by atoms with E-state index in [0.29, 0.717) is 24.3 Å². The smallest absolute Gasteiger partial charge is 0.159 e. The second-order valence-corrected chi connectivity index (χ2v) is 8.38. The van der Waals surface area contributed by atoms with Gasteiger partial charge in [0.15, 0.2) is 5.78 Å². The van der Waals surface area contributed by atoms with Crippen LogP contribution in [0.15, 0.2) is 12.2 Å². The molecule has 6 unspecified atom stereocenters. The number of Topliss-reactive ketones (excluding diaryl/α,β-unsaturated/α-hetero) is 2. The van der Waals surface area contributed by atoms with Crippen LogP contribution in [-0.2, 0) is 19.1 Å². The van der Waals surface area contributed by atoms with Gasteiger partial charge in [0.2, 0.25) is 0 Å². The standard InChI is InChI=1S/C20H30O4/c1-11-6-7-18-20(4,24-18)10-16(22)19-12(2)14(9-17(11)23-5)8-15(21)13(19)3/h11-12,14,17-19H,3,6-10H2,1-2,4-5H3/t11?,12-,14?,17?,18?,19?,20?/m1/s1. The van der Waals surface area contributed by atoms with Gasteiger partial charge < -0.3 is 9.47 Å². The highest BCUT2D eigenvalue weighted by Crippen LogP contribution is 2.47. The lowest BCUT2D eigenvalue weighted by atomic mass is 9.65. The number of ether oxygens (including phenoxy) is 2. The molecule has 1 aliphatic heterocycles. The number of fused-ring (bicyclic) bond motifs is 3. The summed E-state index contributed by atoms with van der Waals surface area (Å²) in [5, 5.41) is 0. The van der Waals surface area contributed by atoms with Crippen molar-refractivity contribution < 1.29 is 19.1 Å². The minimum atomic E-state index is -0.356. The fraction of sp³-hybridized carbons (Fsp3) is 0.800. The minimum absolute atomic E-state index is 0.0504. The van der Waals surface area contributed by atoms with Crippen molar-refractivity contribution in [3.63, 3.8) is 0 Å². The van der Waals surface area contributed by atoms with E-state index in [-0.39, 0.29) is 47.1 Å². The number of epoxide rings is 1. The Hall–Kier alpha value is -1.00. The third-order valence-electron chi connectivity index (χ3n) is 6.71. The summed E-state index contributed by atoms with van der Waals surface area (Å²) >= 11 is 0. The predicted molar refractivity (Wildman–Crippen MR) is 91.6 cm³/mol. The van der Waals surface area contributed by atoms with Crippen molar-refractivity contribution in [2.24, 2.45) is 23.7 Å². The molecule has 0 aromatic rings. The van der Waals surface area contributed by atoms with Crippen LogP contribution in [0.5, 0.6) is 0 Å². The molecule has 7 atom stereocenters. The zero-order chi connectivity index (χ0) is 17.6. The summed E-state index contributed by atoms with van der Waals surface area (Å²) in [5.41, 5.74) is 0.151. The van der Waals surface area contributed by atoms with Crippen LogP contribution in [0, 0.1) is 23.7 Å². The number of rotatable bonds is 1. The molecule has 1 heterocycles. The van der Waals surface area contributed by atoms with Gasteiger partial charge in [-0.05, 0) is 49.5 Å². The van der Waals surface area contributed by atoms with Crippen LogP contribution in [-0.4, -0.2) is 36.5 Å². The Morgan fingerprint density at radius 1 is 1.25 bits per heavy atom. The van der Waals surface area contributed by atoms with E-state index in [2.05, 4.69) is 20.4 Å². The molecule has 2 saturated carbocycles. The van der Waals surface area contributed by atoms with E-state index in [1.54, 1.807) is 7.11 Å². The first kappa shape index (κ1) is 17.8. The van der Waals surface area contributed by atoms with Gasteiger partial charge in [-0.2, -0.15) is 0 Å². The molecule has 4 nitrogen and oxygen atoms in total. The quantitative estimate of drug-likeness (QED) is 0.545. The monoisotopic (exact) mass is 334 g/mol. The van der Waals surface area contributed by atoms with Gasteiger partial charge in [0, 0.05) is 25.9 Å². The molecule has 3 aliphatic rings. The number of allylic oxidation sites excluding steroid dienone is 1. The summed E-state index contributed by atoms with van der Waals surface area (Å²) in [6.45, 7) is 10.3. The van der Waals surface area contributed by atoms with E-state index in [4.69, 9.17) is 9.47 Å². The molecule has 0 spiro atoms. The molecule has 0 radical (unpaired) electrons. The van der Waals surface area contributed by atoms with Crippen molar-refractivity contribution in [3.05, 3.63) is 12.2 Å². The second-order valence-electron chi connectivity index (χ2n) is 8.38. The van der Waals surface area contributed by atoms with Gasteiger partial charge in [0.1, 0.15) is 5.78 Å². The Labute approximate surface area is 145 Å². The maximum atomic E-state index is 12.9. The van der Waals surface area contributed by atoms with E-state index in [9.17, 15) is 9.59 Å². The van der Waals surface area contributed by atoms with Gasteiger partial charge in [0.25, 0.3) is 0 Å². The highest BCUT2D eigenvalue weighted by Gasteiger charge is 2.55. The average Bonchev–Trinajstić information content (AvgIpc) is 3.16. The summed E-state index contributed by atoms with van der Waals surface area (Å²) in [6.07, 6.45) is 4.00. The van der Waals surface area contributed by atoms with E-state index in [0.717, 1.165) is 19.3 Å². The topological polar surface area (TPSA) is 55.9 Å². The molecule has 1 saturated heterocycles. The molecule has 2 bridgehead atoms. The van der Waals surface area contributed by atoms with Crippen molar-refractivity contribution in [3.8, 4) is 0 Å². The molecule has 134 valence electrons. The van der Waals surface area contributed by atoms with Crippen LogP contribution in [0.25, 0.3) is 0 Å². The summed E-state index contributed by atoms with van der Waals surface area (Å²) in [5.74, 6) is 0.558. The lowest BCUT2D eigenvalue weighted by Gasteiger charge is -2.38. The van der Waals surface area contributed by atoms with Crippen LogP contribution < -0.4 is 0 Å². The molecule has 2 aliphatic carbocycles. The van der Waals surface area contributed by atoms with E-state index in [1.807, 2.05) is 6.92 Å². The predicted octanol–water partition coefficient (Wildman–Crippen LogP) is 3.34. The molecule has 3 fully saturated rings. The number of carbonyl (C=O) groups is 2. The first-order valence-corrected chi connectivity index (χ1v) is 9.22. The Bertz CT molecular complexity index is 554. The number of hydrogen-bond donors (Lipinski definition) is 0. The highest BCUT2D eigenvalue weighted by atomic mass is 16.6. The van der Waals surface area contributed by atoms with Crippen LogP contribution in [0.3, 0.4) is 0 Å². The summed E-state index contributed by atoms with van der Waals surface area (Å²) in [4.78, 5) is 25.4. The largest absolute Gasteiger partial charge is 0.381 e. The van der Waals surface area contributed by atoms with Gasteiger partial charge in [-0.3, -0.25) is 9.59 Å². The SMILES string of the molecule is C=C1C(=O)CC2CC(OC)C(C)CCC3OC3(C)CC(=O)C1[C@@H]2C. The Morgan fingerprint density at radius 2 is 1.96 bits per heavy atom. The summed E-state index contributed by atoms with van der Waals surface area (Å²) in [7, 11) is 1.75. The molecule has 0 aromatic carbocycles. The number of carbonyl (C=O) groups excluding carboxylic acids is 2. The number of hydrogen-bond acceptors (Lipinski definition) is 4. The Morgan fingerprint density at radius 3 is 2.62 bits per heavy atom. The van der Waals surface area contributed by atoms with E-state index in [1.165, 1.54) is 0 Å². The van der Waals surface area contributed by atoms with Gasteiger partial charge in [-0.1, -0.05) is 20.4 Å². The summed E-state index contributed by atoms with van der Waals surface area (Å²) < 4.78 is 11.6. The van der Waals surface area contributed by atoms with E-state index >= 15 is 0 Å². The zero-order valence-electron chi connectivity index (χ0n) is 15.3. The first-order chi connectivity index (χ1) is 11.3. The zero-order valence-corrected chi connectivity index (χ0v) is 15.3.